The summed E-state index contributed by atoms with van der Waals surface area (Å²) in [4.78, 5) is 14.3. The summed E-state index contributed by atoms with van der Waals surface area (Å²) in [5.74, 6) is -0.0856. The van der Waals surface area contributed by atoms with E-state index in [1.165, 1.54) is 0 Å². The first kappa shape index (κ1) is 13.8. The van der Waals surface area contributed by atoms with Gasteiger partial charge in [-0.2, -0.15) is 0 Å². The molecule has 1 unspecified atom stereocenters. The van der Waals surface area contributed by atoms with Gasteiger partial charge >= 0.3 is 0 Å². The number of hydrogen-bond acceptors (Lipinski definition) is 2. The average molecular weight is 280 g/mol. The van der Waals surface area contributed by atoms with Crippen molar-refractivity contribution in [3.63, 3.8) is 0 Å². The first-order valence-corrected chi connectivity index (χ1v) is 7.29. The van der Waals surface area contributed by atoms with Gasteiger partial charge in [-0.15, -0.1) is 0 Å². The Bertz CT molecular complexity index is 585. The average Bonchev–Trinajstić information content (AvgIpc) is 2.88. The normalized spacial score (nSPS) is 19.0. The molecule has 1 heterocycles. The van der Waals surface area contributed by atoms with Crippen molar-refractivity contribution in [1.82, 2.24) is 4.90 Å². The number of carbonyl (C=O) groups is 1. The van der Waals surface area contributed by atoms with E-state index in [-0.39, 0.29) is 11.8 Å². The second-order valence-electron chi connectivity index (χ2n) is 5.70. The van der Waals surface area contributed by atoms with Gasteiger partial charge in [0.15, 0.2) is 0 Å². The predicted molar refractivity (Wildman–Crippen MR) is 83.6 cm³/mol. The van der Waals surface area contributed by atoms with E-state index in [2.05, 4.69) is 0 Å². The lowest BCUT2D eigenvalue weighted by molar-refractivity contribution is -0.131. The van der Waals surface area contributed by atoms with E-state index in [9.17, 15) is 4.79 Å². The monoisotopic (exact) mass is 280 g/mol. The Hall–Kier alpha value is -2.13. The fourth-order valence-corrected chi connectivity index (χ4v) is 3.24. The molecular weight excluding hydrogens is 260 g/mol. The van der Waals surface area contributed by atoms with Gasteiger partial charge in [-0.1, -0.05) is 60.7 Å². The third-order valence-corrected chi connectivity index (χ3v) is 4.48. The topological polar surface area (TPSA) is 46.3 Å². The summed E-state index contributed by atoms with van der Waals surface area (Å²) in [6.07, 6.45) is 0.787. The summed E-state index contributed by atoms with van der Waals surface area (Å²) in [6, 6.07) is 19.9. The van der Waals surface area contributed by atoms with Crippen molar-refractivity contribution in [2.75, 3.05) is 13.6 Å². The van der Waals surface area contributed by atoms with Gasteiger partial charge in [-0.05, 0) is 17.5 Å². The molecular formula is C18H20N2O. The first-order chi connectivity index (χ1) is 10.1. The maximum atomic E-state index is 12.5. The number of amides is 1. The molecule has 3 heteroatoms. The molecule has 3 rings (SSSR count). The van der Waals surface area contributed by atoms with Crippen LogP contribution in [0.3, 0.4) is 0 Å². The minimum Gasteiger partial charge on any atom is -0.345 e. The van der Waals surface area contributed by atoms with Gasteiger partial charge in [0.25, 0.3) is 0 Å². The second-order valence-corrected chi connectivity index (χ2v) is 5.70. The molecule has 2 N–H and O–H groups in total. The number of rotatable bonds is 3. The molecule has 0 radical (unpaired) electrons. The van der Waals surface area contributed by atoms with Gasteiger partial charge in [-0.3, -0.25) is 4.79 Å². The van der Waals surface area contributed by atoms with Crippen molar-refractivity contribution in [2.45, 2.75) is 12.0 Å². The van der Waals surface area contributed by atoms with Crippen molar-refractivity contribution in [3.8, 4) is 0 Å². The van der Waals surface area contributed by atoms with Crippen molar-refractivity contribution in [1.29, 1.82) is 0 Å². The number of carbonyl (C=O) groups excluding carboxylic acids is 1. The van der Waals surface area contributed by atoms with Gasteiger partial charge in [0.1, 0.15) is 0 Å². The highest BCUT2D eigenvalue weighted by molar-refractivity contribution is 5.83. The maximum absolute atomic E-state index is 12.5. The van der Waals surface area contributed by atoms with Crippen LogP contribution in [-0.4, -0.2) is 24.4 Å². The third-order valence-electron chi connectivity index (χ3n) is 4.48. The summed E-state index contributed by atoms with van der Waals surface area (Å²) in [5.41, 5.74) is 8.06. The molecule has 0 saturated carbocycles. The van der Waals surface area contributed by atoms with Crippen LogP contribution in [0.25, 0.3) is 0 Å². The van der Waals surface area contributed by atoms with Crippen LogP contribution in [0.1, 0.15) is 17.5 Å². The van der Waals surface area contributed by atoms with E-state index in [0.29, 0.717) is 0 Å². The SMILES string of the molecule is CN1CCC(C(N)(c2ccccc2)c2ccccc2)C1=O. The minimum absolute atomic E-state index is 0.130. The van der Waals surface area contributed by atoms with Crippen molar-refractivity contribution in [3.05, 3.63) is 71.8 Å². The molecule has 2 aromatic rings. The Kier molecular flexibility index (Phi) is 3.52. The summed E-state index contributed by atoms with van der Waals surface area (Å²) in [6.45, 7) is 0.766. The van der Waals surface area contributed by atoms with Gasteiger partial charge < -0.3 is 10.6 Å². The molecule has 1 aliphatic rings. The van der Waals surface area contributed by atoms with Crippen LogP contribution in [-0.2, 0) is 10.3 Å². The molecule has 1 atom stereocenters. The van der Waals surface area contributed by atoms with Crippen LogP contribution in [0, 0.1) is 5.92 Å². The summed E-state index contributed by atoms with van der Waals surface area (Å²) >= 11 is 0. The van der Waals surface area contributed by atoms with Crippen molar-refractivity contribution < 1.29 is 4.79 Å². The molecule has 0 aliphatic carbocycles. The number of likely N-dealkylation sites (tertiary alicyclic amines) is 1. The van der Waals surface area contributed by atoms with E-state index in [4.69, 9.17) is 5.73 Å². The molecule has 3 nitrogen and oxygen atoms in total. The van der Waals surface area contributed by atoms with E-state index < -0.39 is 5.54 Å². The second kappa shape index (κ2) is 5.34. The molecule has 0 bridgehead atoms. The van der Waals surface area contributed by atoms with Gasteiger partial charge in [0.05, 0.1) is 11.5 Å². The Morgan fingerprint density at radius 1 is 1.00 bits per heavy atom. The van der Waals surface area contributed by atoms with Crippen LogP contribution in [0.15, 0.2) is 60.7 Å². The fourth-order valence-electron chi connectivity index (χ4n) is 3.24. The van der Waals surface area contributed by atoms with Crippen LogP contribution >= 0.6 is 0 Å². The lowest BCUT2D eigenvalue weighted by Crippen LogP contribution is -2.48. The van der Waals surface area contributed by atoms with E-state index >= 15 is 0 Å². The molecule has 1 saturated heterocycles. The number of nitrogens with two attached hydrogens (primary N) is 1. The summed E-state index contributed by atoms with van der Waals surface area (Å²) in [7, 11) is 1.85. The molecule has 2 aromatic carbocycles. The van der Waals surface area contributed by atoms with Gasteiger partial charge in [-0.25, -0.2) is 0 Å². The van der Waals surface area contributed by atoms with E-state index in [1.54, 1.807) is 4.90 Å². The highest BCUT2D eigenvalue weighted by Crippen LogP contribution is 2.39. The molecule has 0 spiro atoms. The van der Waals surface area contributed by atoms with Crippen molar-refractivity contribution in [2.24, 2.45) is 11.7 Å². The molecule has 21 heavy (non-hydrogen) atoms. The maximum Gasteiger partial charge on any atom is 0.228 e. The zero-order valence-corrected chi connectivity index (χ0v) is 12.2. The minimum atomic E-state index is -0.773. The molecule has 1 amide bonds. The summed E-state index contributed by atoms with van der Waals surface area (Å²) < 4.78 is 0. The molecule has 108 valence electrons. The highest BCUT2D eigenvalue weighted by atomic mass is 16.2. The number of nitrogens with zero attached hydrogens (tertiary/aromatic N) is 1. The Morgan fingerprint density at radius 3 is 1.86 bits per heavy atom. The predicted octanol–water partition coefficient (Wildman–Crippen LogP) is 2.37. The first-order valence-electron chi connectivity index (χ1n) is 7.29. The highest BCUT2D eigenvalue weighted by Gasteiger charge is 2.46. The van der Waals surface area contributed by atoms with Crippen LogP contribution in [0.4, 0.5) is 0 Å². The number of hydrogen-bond donors (Lipinski definition) is 1. The quantitative estimate of drug-likeness (QED) is 0.938. The van der Waals surface area contributed by atoms with Gasteiger partial charge in [0, 0.05) is 13.6 Å². The largest absolute Gasteiger partial charge is 0.345 e. The zero-order chi connectivity index (χ0) is 14.9. The lowest BCUT2D eigenvalue weighted by atomic mass is 9.73. The standard InChI is InChI=1S/C18H20N2O/c1-20-13-12-16(17(20)21)18(19,14-8-4-2-5-9-14)15-10-6-3-7-11-15/h2-11,16H,12-13,19H2,1H3. The molecule has 1 aliphatic heterocycles. The fraction of sp³-hybridized carbons (Fsp3) is 0.278. The Morgan fingerprint density at radius 2 is 1.48 bits per heavy atom. The Labute approximate surface area is 125 Å². The molecule has 1 fully saturated rings. The summed E-state index contributed by atoms with van der Waals surface area (Å²) in [5, 5.41) is 0. The third kappa shape index (κ3) is 2.24. The Balaban J connectivity index is 2.14. The van der Waals surface area contributed by atoms with Crippen LogP contribution in [0.2, 0.25) is 0 Å². The smallest absolute Gasteiger partial charge is 0.228 e. The van der Waals surface area contributed by atoms with E-state index in [0.717, 1.165) is 24.1 Å². The molecule has 0 aromatic heterocycles. The van der Waals surface area contributed by atoms with E-state index in [1.807, 2.05) is 67.7 Å². The van der Waals surface area contributed by atoms with Crippen LogP contribution in [0.5, 0.6) is 0 Å². The van der Waals surface area contributed by atoms with Gasteiger partial charge in [0.2, 0.25) is 5.91 Å². The zero-order valence-electron chi connectivity index (χ0n) is 12.2. The van der Waals surface area contributed by atoms with Crippen LogP contribution < -0.4 is 5.73 Å². The number of benzene rings is 2. The van der Waals surface area contributed by atoms with Crippen molar-refractivity contribution >= 4 is 5.91 Å². The lowest BCUT2D eigenvalue weighted by Gasteiger charge is -2.35.